The van der Waals surface area contributed by atoms with Crippen molar-refractivity contribution in [3.63, 3.8) is 0 Å². The lowest BCUT2D eigenvalue weighted by atomic mass is 10.1. The maximum Gasteiger partial charge on any atom is 0.231 e. The van der Waals surface area contributed by atoms with Crippen molar-refractivity contribution >= 4 is 34.4 Å². The Morgan fingerprint density at radius 1 is 1.21 bits per heavy atom. The smallest absolute Gasteiger partial charge is 0.231 e. The minimum absolute atomic E-state index is 0.104. The van der Waals surface area contributed by atoms with E-state index in [1.54, 1.807) is 24.1 Å². The van der Waals surface area contributed by atoms with E-state index in [2.05, 4.69) is 17.1 Å². The fourth-order valence-electron chi connectivity index (χ4n) is 2.93. The number of aliphatic imine (C=N–C) groups is 1. The molecule has 6 nitrogen and oxygen atoms in total. The Labute approximate surface area is 168 Å². The minimum Gasteiger partial charge on any atom is -0.497 e. The van der Waals surface area contributed by atoms with Gasteiger partial charge in [-0.3, -0.25) is 14.5 Å². The Morgan fingerprint density at radius 2 is 1.93 bits per heavy atom. The minimum atomic E-state index is -0.588. The highest BCUT2D eigenvalue weighted by molar-refractivity contribution is 8.15. The molecule has 2 aromatic rings. The van der Waals surface area contributed by atoms with Crippen molar-refractivity contribution in [2.45, 2.75) is 24.5 Å². The molecule has 3 rings (SSSR count). The number of rotatable bonds is 7. The predicted octanol–water partition coefficient (Wildman–Crippen LogP) is 3.13. The van der Waals surface area contributed by atoms with Crippen molar-refractivity contribution in [2.75, 3.05) is 13.7 Å². The van der Waals surface area contributed by atoms with Crippen LogP contribution in [0, 0.1) is 0 Å². The van der Waals surface area contributed by atoms with E-state index in [9.17, 15) is 9.59 Å². The maximum absolute atomic E-state index is 12.7. The van der Waals surface area contributed by atoms with Crippen LogP contribution in [-0.2, 0) is 16.0 Å². The Kier molecular flexibility index (Phi) is 6.71. The van der Waals surface area contributed by atoms with Crippen molar-refractivity contribution < 1.29 is 14.3 Å². The molecule has 1 aliphatic heterocycles. The number of carbonyl (C=O) groups is 2. The molecular weight excluding hydrogens is 374 g/mol. The molecule has 1 unspecified atom stereocenters. The summed E-state index contributed by atoms with van der Waals surface area (Å²) in [6.45, 7) is 0.543. The van der Waals surface area contributed by atoms with Crippen LogP contribution < -0.4 is 10.5 Å². The summed E-state index contributed by atoms with van der Waals surface area (Å²) in [6, 6.07) is 17.4. The molecular formula is C21H23N3O3S. The van der Waals surface area contributed by atoms with E-state index in [1.165, 1.54) is 17.3 Å². The van der Waals surface area contributed by atoms with E-state index in [4.69, 9.17) is 10.5 Å². The number of nitrogens with zero attached hydrogens (tertiary/aromatic N) is 2. The van der Waals surface area contributed by atoms with E-state index < -0.39 is 11.2 Å². The van der Waals surface area contributed by atoms with E-state index in [-0.39, 0.29) is 12.3 Å². The molecule has 146 valence electrons. The number of amides is 2. The molecule has 2 N–H and O–H groups in total. The third kappa shape index (κ3) is 5.13. The topological polar surface area (TPSA) is 85.0 Å². The summed E-state index contributed by atoms with van der Waals surface area (Å²) in [6.07, 6.45) is 1.77. The molecule has 2 amide bonds. The summed E-state index contributed by atoms with van der Waals surface area (Å²) in [5.41, 5.74) is 7.36. The second kappa shape index (κ2) is 9.41. The van der Waals surface area contributed by atoms with Gasteiger partial charge in [-0.15, -0.1) is 0 Å². The molecule has 1 fully saturated rings. The first-order chi connectivity index (χ1) is 13.6. The van der Waals surface area contributed by atoms with E-state index >= 15 is 0 Å². The number of thioether (sulfide) groups is 1. The van der Waals surface area contributed by atoms with Crippen LogP contribution in [0.2, 0.25) is 0 Å². The molecule has 0 aliphatic carbocycles. The van der Waals surface area contributed by atoms with Gasteiger partial charge in [0.1, 0.15) is 5.75 Å². The number of amidine groups is 1. The normalized spacial score (nSPS) is 18.3. The van der Waals surface area contributed by atoms with Crippen LogP contribution in [0.1, 0.15) is 18.4 Å². The molecule has 0 radical (unpaired) electrons. The predicted molar refractivity (Wildman–Crippen MR) is 112 cm³/mol. The first-order valence-corrected chi connectivity index (χ1v) is 9.98. The molecule has 1 atom stereocenters. The number of ether oxygens (including phenoxy) is 1. The molecule has 7 heteroatoms. The van der Waals surface area contributed by atoms with E-state index in [0.29, 0.717) is 17.4 Å². The van der Waals surface area contributed by atoms with Crippen LogP contribution in [0.3, 0.4) is 0 Å². The molecule has 0 spiro atoms. The number of hydrogen-bond donors (Lipinski definition) is 1. The number of hydrogen-bond acceptors (Lipinski definition) is 5. The maximum atomic E-state index is 12.7. The number of carbonyl (C=O) groups excluding carboxylic acids is 2. The summed E-state index contributed by atoms with van der Waals surface area (Å²) < 4.78 is 5.16. The standard InChI is InChI=1S/C21H23N3O3S/c1-27-17-11-9-16(10-12-17)23-21-24(19(25)14-18(28-21)20(22)26)13-5-8-15-6-3-2-4-7-15/h2-4,6-7,9-12,18H,5,8,13-14H2,1H3,(H2,22,26). The van der Waals surface area contributed by atoms with Gasteiger partial charge in [0.2, 0.25) is 11.8 Å². The molecule has 28 heavy (non-hydrogen) atoms. The number of primary amides is 1. The summed E-state index contributed by atoms with van der Waals surface area (Å²) in [4.78, 5) is 30.6. The van der Waals surface area contributed by atoms with Gasteiger partial charge in [-0.05, 0) is 42.7 Å². The second-order valence-corrected chi connectivity index (χ2v) is 7.61. The van der Waals surface area contributed by atoms with Crippen molar-refractivity contribution in [1.29, 1.82) is 0 Å². The number of nitrogens with two attached hydrogens (primary N) is 1. The fourth-order valence-corrected chi connectivity index (χ4v) is 4.00. The average molecular weight is 398 g/mol. The van der Waals surface area contributed by atoms with Gasteiger partial charge in [0, 0.05) is 13.0 Å². The number of methoxy groups -OCH3 is 1. The lowest BCUT2D eigenvalue weighted by molar-refractivity contribution is -0.129. The zero-order valence-corrected chi connectivity index (χ0v) is 16.5. The molecule has 1 aliphatic rings. The quantitative estimate of drug-likeness (QED) is 0.778. The van der Waals surface area contributed by atoms with Crippen LogP contribution in [0.5, 0.6) is 5.75 Å². The monoisotopic (exact) mass is 397 g/mol. The largest absolute Gasteiger partial charge is 0.497 e. The van der Waals surface area contributed by atoms with Crippen molar-refractivity contribution in [3.05, 3.63) is 60.2 Å². The SMILES string of the molecule is COc1ccc(N=C2SC(C(N)=O)CC(=O)N2CCCc2ccccc2)cc1. The van der Waals surface area contributed by atoms with Crippen LogP contribution in [0.25, 0.3) is 0 Å². The van der Waals surface area contributed by atoms with Gasteiger partial charge in [-0.1, -0.05) is 42.1 Å². The van der Waals surface area contributed by atoms with Gasteiger partial charge in [-0.25, -0.2) is 4.99 Å². The lowest BCUT2D eigenvalue weighted by Gasteiger charge is -2.31. The van der Waals surface area contributed by atoms with Gasteiger partial charge >= 0.3 is 0 Å². The zero-order valence-electron chi connectivity index (χ0n) is 15.7. The average Bonchev–Trinajstić information content (AvgIpc) is 2.71. The first-order valence-electron chi connectivity index (χ1n) is 9.10. The Hall–Kier alpha value is -2.80. The second-order valence-electron chi connectivity index (χ2n) is 6.44. The van der Waals surface area contributed by atoms with Crippen LogP contribution in [-0.4, -0.2) is 40.8 Å². The molecule has 2 aromatic carbocycles. The highest BCUT2D eigenvalue weighted by Crippen LogP contribution is 2.29. The summed E-state index contributed by atoms with van der Waals surface area (Å²) in [5, 5.41) is -0.0758. The van der Waals surface area contributed by atoms with Crippen molar-refractivity contribution in [3.8, 4) is 5.75 Å². The summed E-state index contributed by atoms with van der Waals surface area (Å²) in [7, 11) is 1.60. The Morgan fingerprint density at radius 3 is 2.57 bits per heavy atom. The highest BCUT2D eigenvalue weighted by Gasteiger charge is 2.34. The van der Waals surface area contributed by atoms with Crippen LogP contribution >= 0.6 is 11.8 Å². The zero-order chi connectivity index (χ0) is 19.9. The summed E-state index contributed by atoms with van der Waals surface area (Å²) in [5.74, 6) is 0.110. The highest BCUT2D eigenvalue weighted by atomic mass is 32.2. The van der Waals surface area contributed by atoms with Gasteiger partial charge in [-0.2, -0.15) is 0 Å². The fraction of sp³-hybridized carbons (Fsp3) is 0.286. The van der Waals surface area contributed by atoms with Gasteiger partial charge in [0.15, 0.2) is 5.17 Å². The molecule has 1 saturated heterocycles. The van der Waals surface area contributed by atoms with Gasteiger partial charge in [0.05, 0.1) is 18.0 Å². The van der Waals surface area contributed by atoms with Crippen LogP contribution in [0.15, 0.2) is 59.6 Å². The Bertz CT molecular complexity index is 853. The molecule has 1 heterocycles. The van der Waals surface area contributed by atoms with Gasteiger partial charge < -0.3 is 10.5 Å². The number of benzene rings is 2. The molecule has 0 saturated carbocycles. The molecule has 0 aromatic heterocycles. The third-order valence-corrected chi connectivity index (χ3v) is 5.65. The van der Waals surface area contributed by atoms with Crippen molar-refractivity contribution in [2.24, 2.45) is 10.7 Å². The van der Waals surface area contributed by atoms with Crippen LogP contribution in [0.4, 0.5) is 5.69 Å². The third-order valence-electron chi connectivity index (χ3n) is 4.44. The van der Waals surface area contributed by atoms with Gasteiger partial charge in [0.25, 0.3) is 0 Å². The van der Waals surface area contributed by atoms with Crippen molar-refractivity contribution in [1.82, 2.24) is 4.90 Å². The summed E-state index contributed by atoms with van der Waals surface area (Å²) >= 11 is 1.25. The molecule has 0 bridgehead atoms. The first kappa shape index (κ1) is 19.9. The lowest BCUT2D eigenvalue weighted by Crippen LogP contribution is -2.46. The van der Waals surface area contributed by atoms with E-state index in [1.807, 2.05) is 30.3 Å². The Balaban J connectivity index is 1.76. The van der Waals surface area contributed by atoms with E-state index in [0.717, 1.165) is 18.6 Å². The number of aryl methyl sites for hydroxylation is 1.